The lowest BCUT2D eigenvalue weighted by Gasteiger charge is -2.29. The van der Waals surface area contributed by atoms with Crippen molar-refractivity contribution in [2.24, 2.45) is 10.3 Å². The lowest BCUT2D eigenvalue weighted by atomic mass is 9.90. The SMILES string of the molecule is CO/N=C(\C)[C@@H]1CC[C@H](c2cc(N)n3ncc(C4C=NN(C)C4)c3n2)CN1. The second kappa shape index (κ2) is 7.15. The van der Waals surface area contributed by atoms with Crippen LogP contribution in [0.1, 0.15) is 42.9 Å². The van der Waals surface area contributed by atoms with Gasteiger partial charge in [-0.15, -0.1) is 0 Å². The number of anilines is 1. The van der Waals surface area contributed by atoms with Crippen molar-refractivity contribution in [3.63, 3.8) is 0 Å². The summed E-state index contributed by atoms with van der Waals surface area (Å²) in [6, 6.07) is 2.19. The van der Waals surface area contributed by atoms with E-state index in [4.69, 9.17) is 15.6 Å². The zero-order valence-electron chi connectivity index (χ0n) is 16.0. The molecule has 3 N–H and O–H groups in total. The summed E-state index contributed by atoms with van der Waals surface area (Å²) in [6.45, 7) is 3.65. The van der Waals surface area contributed by atoms with Gasteiger partial charge in [0.05, 0.1) is 17.6 Å². The number of aromatic nitrogens is 3. The van der Waals surface area contributed by atoms with Gasteiger partial charge in [0.1, 0.15) is 12.9 Å². The molecule has 2 aliphatic heterocycles. The van der Waals surface area contributed by atoms with Crippen molar-refractivity contribution < 1.29 is 4.84 Å². The summed E-state index contributed by atoms with van der Waals surface area (Å²) in [5.74, 6) is 1.12. The quantitative estimate of drug-likeness (QED) is 0.618. The maximum atomic E-state index is 6.28. The minimum atomic E-state index is 0.191. The largest absolute Gasteiger partial charge is 0.399 e. The second-order valence-corrected chi connectivity index (χ2v) is 7.30. The van der Waals surface area contributed by atoms with Gasteiger partial charge in [0.2, 0.25) is 0 Å². The molecule has 2 aromatic rings. The number of nitrogens with two attached hydrogens (primary N) is 1. The Bertz CT molecular complexity index is 881. The highest BCUT2D eigenvalue weighted by Gasteiger charge is 2.27. The number of nitrogens with zero attached hydrogens (tertiary/aromatic N) is 6. The molecule has 9 nitrogen and oxygen atoms in total. The molecular formula is C18H26N8O. The summed E-state index contributed by atoms with van der Waals surface area (Å²) < 4.78 is 1.72. The zero-order valence-corrected chi connectivity index (χ0v) is 16.0. The van der Waals surface area contributed by atoms with Crippen molar-refractivity contribution in [3.8, 4) is 0 Å². The molecule has 2 aromatic heterocycles. The average molecular weight is 370 g/mol. The van der Waals surface area contributed by atoms with Gasteiger partial charge in [0, 0.05) is 55.9 Å². The summed E-state index contributed by atoms with van der Waals surface area (Å²) >= 11 is 0. The van der Waals surface area contributed by atoms with Crippen LogP contribution >= 0.6 is 0 Å². The predicted molar refractivity (Wildman–Crippen MR) is 105 cm³/mol. The van der Waals surface area contributed by atoms with E-state index in [0.717, 1.165) is 48.5 Å². The lowest BCUT2D eigenvalue weighted by Crippen LogP contribution is -2.42. The van der Waals surface area contributed by atoms with Crippen molar-refractivity contribution in [2.45, 2.75) is 37.6 Å². The van der Waals surface area contributed by atoms with Crippen molar-refractivity contribution in [1.82, 2.24) is 24.9 Å². The summed E-state index contributed by atoms with van der Waals surface area (Å²) in [5.41, 5.74) is 10.2. The first-order chi connectivity index (χ1) is 13.1. The van der Waals surface area contributed by atoms with Crippen LogP contribution in [0, 0.1) is 0 Å². The number of likely N-dealkylation sites (N-methyl/N-ethyl adjacent to an activating group) is 1. The Kier molecular flexibility index (Phi) is 4.69. The molecule has 4 heterocycles. The maximum absolute atomic E-state index is 6.28. The molecule has 144 valence electrons. The van der Waals surface area contributed by atoms with Gasteiger partial charge in [-0.3, -0.25) is 5.01 Å². The molecule has 0 saturated carbocycles. The highest BCUT2D eigenvalue weighted by Crippen LogP contribution is 2.29. The van der Waals surface area contributed by atoms with E-state index in [1.54, 1.807) is 11.6 Å². The monoisotopic (exact) mass is 370 g/mol. The number of nitrogens with one attached hydrogen (secondary N) is 1. The number of rotatable bonds is 4. The number of oxime groups is 1. The molecule has 0 aliphatic carbocycles. The van der Waals surface area contributed by atoms with Crippen LogP contribution in [-0.4, -0.2) is 64.8 Å². The number of hydrogen-bond acceptors (Lipinski definition) is 8. The van der Waals surface area contributed by atoms with E-state index in [9.17, 15) is 0 Å². The molecule has 0 amide bonds. The predicted octanol–water partition coefficient (Wildman–Crippen LogP) is 1.18. The minimum Gasteiger partial charge on any atom is -0.399 e. The Labute approximate surface area is 158 Å². The van der Waals surface area contributed by atoms with E-state index in [1.807, 2.05) is 37.5 Å². The van der Waals surface area contributed by atoms with E-state index < -0.39 is 0 Å². The molecule has 2 aliphatic rings. The lowest BCUT2D eigenvalue weighted by molar-refractivity contribution is 0.210. The Balaban J connectivity index is 1.58. The van der Waals surface area contributed by atoms with E-state index in [0.29, 0.717) is 11.7 Å². The van der Waals surface area contributed by atoms with E-state index in [2.05, 4.69) is 20.7 Å². The normalized spacial score (nSPS) is 26.1. The molecule has 0 radical (unpaired) electrons. The zero-order chi connectivity index (χ0) is 19.0. The Morgan fingerprint density at radius 1 is 1.41 bits per heavy atom. The number of hydrazone groups is 1. The van der Waals surface area contributed by atoms with Gasteiger partial charge in [0.25, 0.3) is 0 Å². The van der Waals surface area contributed by atoms with Gasteiger partial charge < -0.3 is 15.9 Å². The molecule has 27 heavy (non-hydrogen) atoms. The molecule has 3 atom stereocenters. The van der Waals surface area contributed by atoms with E-state index in [1.165, 1.54) is 0 Å². The van der Waals surface area contributed by atoms with Crippen LogP contribution in [0.2, 0.25) is 0 Å². The average Bonchev–Trinajstić information content (AvgIpc) is 3.28. The summed E-state index contributed by atoms with van der Waals surface area (Å²) in [4.78, 5) is 9.83. The molecule has 1 unspecified atom stereocenters. The van der Waals surface area contributed by atoms with Gasteiger partial charge in [-0.2, -0.15) is 14.7 Å². The van der Waals surface area contributed by atoms with Crippen molar-refractivity contribution >= 4 is 23.4 Å². The summed E-state index contributed by atoms with van der Waals surface area (Å²) in [7, 11) is 3.54. The fraction of sp³-hybridized carbons (Fsp3) is 0.556. The third-order valence-electron chi connectivity index (χ3n) is 5.42. The maximum Gasteiger partial charge on any atom is 0.161 e. The van der Waals surface area contributed by atoms with Crippen molar-refractivity contribution in [2.75, 3.05) is 33.0 Å². The van der Waals surface area contributed by atoms with Crippen LogP contribution in [-0.2, 0) is 4.84 Å². The van der Waals surface area contributed by atoms with Gasteiger partial charge >= 0.3 is 0 Å². The highest BCUT2D eigenvalue weighted by atomic mass is 16.6. The van der Waals surface area contributed by atoms with E-state index >= 15 is 0 Å². The summed E-state index contributed by atoms with van der Waals surface area (Å²) in [6.07, 6.45) is 5.82. The Morgan fingerprint density at radius 3 is 2.93 bits per heavy atom. The van der Waals surface area contributed by atoms with E-state index in [-0.39, 0.29) is 12.0 Å². The van der Waals surface area contributed by atoms with Crippen LogP contribution in [0.15, 0.2) is 22.5 Å². The standard InChI is InChI=1S/C18H26N8O/c1-11(24-27-3)15-5-4-12(7-20-15)16-6-17(19)26-18(23-16)14(9-22-26)13-8-21-25(2)10-13/h6,8-9,12-13,15,20H,4-5,7,10,19H2,1-3H3/b24-11+/t12-,13?,15-/m0/s1. The third kappa shape index (κ3) is 3.34. The van der Waals surface area contributed by atoms with Crippen LogP contribution < -0.4 is 11.1 Å². The van der Waals surface area contributed by atoms with Crippen molar-refractivity contribution in [1.29, 1.82) is 0 Å². The summed E-state index contributed by atoms with van der Waals surface area (Å²) in [5, 5.41) is 18.3. The number of nitrogen functional groups attached to an aromatic ring is 1. The minimum absolute atomic E-state index is 0.191. The van der Waals surface area contributed by atoms with Crippen LogP contribution in [0.5, 0.6) is 0 Å². The smallest absolute Gasteiger partial charge is 0.161 e. The molecule has 0 spiro atoms. The Morgan fingerprint density at radius 2 is 2.26 bits per heavy atom. The van der Waals surface area contributed by atoms with Crippen LogP contribution in [0.4, 0.5) is 5.82 Å². The number of piperidine rings is 1. The van der Waals surface area contributed by atoms with Crippen LogP contribution in [0.3, 0.4) is 0 Å². The van der Waals surface area contributed by atoms with Gasteiger partial charge in [-0.25, -0.2) is 4.98 Å². The van der Waals surface area contributed by atoms with Crippen molar-refractivity contribution in [3.05, 3.63) is 23.5 Å². The highest BCUT2D eigenvalue weighted by molar-refractivity contribution is 5.86. The molecule has 1 saturated heterocycles. The fourth-order valence-corrected chi connectivity index (χ4v) is 3.92. The Hall–Kier alpha value is -2.68. The van der Waals surface area contributed by atoms with Crippen LogP contribution in [0.25, 0.3) is 5.65 Å². The molecule has 9 heteroatoms. The van der Waals surface area contributed by atoms with Gasteiger partial charge in [0.15, 0.2) is 5.65 Å². The first-order valence-corrected chi connectivity index (χ1v) is 9.27. The third-order valence-corrected chi connectivity index (χ3v) is 5.42. The van der Waals surface area contributed by atoms with Gasteiger partial charge in [-0.1, -0.05) is 5.16 Å². The molecule has 1 fully saturated rings. The second-order valence-electron chi connectivity index (χ2n) is 7.30. The molecule has 4 rings (SSSR count). The first kappa shape index (κ1) is 17.7. The topological polar surface area (TPSA) is 105 Å². The number of hydrogen-bond donors (Lipinski definition) is 2. The molecule has 0 aromatic carbocycles. The molecule has 0 bridgehead atoms. The fourth-order valence-electron chi connectivity index (χ4n) is 3.92. The molecular weight excluding hydrogens is 344 g/mol. The first-order valence-electron chi connectivity index (χ1n) is 9.27. The number of fused-ring (bicyclic) bond motifs is 1. The van der Waals surface area contributed by atoms with Gasteiger partial charge in [-0.05, 0) is 19.8 Å².